The molecule has 0 spiro atoms. The number of nitrogens with one attached hydrogen (secondary N) is 2. The Balaban J connectivity index is 1.95. The van der Waals surface area contributed by atoms with Crippen LogP contribution < -0.4 is 20.1 Å². The molecule has 3 N–H and O–H groups in total. The molecule has 0 aliphatic carbocycles. The standard InChI is InChI=1S/C24H32FN5O3/c1-6-7-10-24(3,15(2)31)30-22-21-19(11-17(25)14-26-21)28-23(29-22)27-13-16-8-9-18(32-4)12-20(16)33-5/h8-9,11-12,14-15,31H,6-7,10,13H2,1-5H3,(H2,27,28,29,30). The Kier molecular flexibility index (Phi) is 7.86. The second-order valence-corrected chi connectivity index (χ2v) is 8.27. The topological polar surface area (TPSA) is 101 Å². The Morgan fingerprint density at radius 3 is 2.64 bits per heavy atom. The van der Waals surface area contributed by atoms with Gasteiger partial charge in [-0.15, -0.1) is 0 Å². The summed E-state index contributed by atoms with van der Waals surface area (Å²) >= 11 is 0. The monoisotopic (exact) mass is 457 g/mol. The van der Waals surface area contributed by atoms with E-state index in [-0.39, 0.29) is 0 Å². The fraction of sp³-hybridized carbons (Fsp3) is 0.458. The SMILES string of the molecule is CCCCC(C)(Nc1nc(NCc2ccc(OC)cc2OC)nc2cc(F)cnc12)C(C)O. The summed E-state index contributed by atoms with van der Waals surface area (Å²) in [6, 6.07) is 6.85. The molecule has 0 fully saturated rings. The van der Waals surface area contributed by atoms with Crippen molar-refractivity contribution < 1.29 is 19.0 Å². The molecule has 0 amide bonds. The lowest BCUT2D eigenvalue weighted by molar-refractivity contribution is 0.116. The van der Waals surface area contributed by atoms with Crippen molar-refractivity contribution in [1.29, 1.82) is 0 Å². The maximum atomic E-state index is 13.9. The zero-order chi connectivity index (χ0) is 24.0. The van der Waals surface area contributed by atoms with Gasteiger partial charge >= 0.3 is 0 Å². The number of aliphatic hydroxyl groups excluding tert-OH is 1. The van der Waals surface area contributed by atoms with Gasteiger partial charge in [0.1, 0.15) is 22.8 Å². The third-order valence-corrected chi connectivity index (χ3v) is 5.81. The van der Waals surface area contributed by atoms with Crippen LogP contribution in [0, 0.1) is 5.82 Å². The molecule has 2 heterocycles. The zero-order valence-corrected chi connectivity index (χ0v) is 19.8. The van der Waals surface area contributed by atoms with Crippen molar-refractivity contribution in [3.8, 4) is 11.5 Å². The summed E-state index contributed by atoms with van der Waals surface area (Å²) in [7, 11) is 3.19. The van der Waals surface area contributed by atoms with Gasteiger partial charge in [-0.25, -0.2) is 14.4 Å². The summed E-state index contributed by atoms with van der Waals surface area (Å²) in [4.78, 5) is 13.3. The van der Waals surface area contributed by atoms with E-state index in [0.29, 0.717) is 40.8 Å². The lowest BCUT2D eigenvalue weighted by Gasteiger charge is -2.34. The molecule has 8 nitrogen and oxygen atoms in total. The van der Waals surface area contributed by atoms with Gasteiger partial charge in [0, 0.05) is 24.2 Å². The molecule has 3 aromatic rings. The second kappa shape index (κ2) is 10.6. The molecule has 2 atom stereocenters. The first-order valence-electron chi connectivity index (χ1n) is 11.0. The largest absolute Gasteiger partial charge is 0.497 e. The Morgan fingerprint density at radius 1 is 1.18 bits per heavy atom. The summed E-state index contributed by atoms with van der Waals surface area (Å²) in [6.45, 7) is 6.17. The van der Waals surface area contributed by atoms with Crippen molar-refractivity contribution in [2.45, 2.75) is 58.2 Å². The summed E-state index contributed by atoms with van der Waals surface area (Å²) < 4.78 is 24.6. The van der Waals surface area contributed by atoms with Crippen molar-refractivity contribution >= 4 is 22.8 Å². The van der Waals surface area contributed by atoms with E-state index in [1.165, 1.54) is 6.07 Å². The minimum absolute atomic E-state index is 0.304. The zero-order valence-electron chi connectivity index (χ0n) is 19.8. The average Bonchev–Trinajstić information content (AvgIpc) is 2.80. The number of hydrogen-bond donors (Lipinski definition) is 3. The van der Waals surface area contributed by atoms with Crippen molar-refractivity contribution in [3.63, 3.8) is 0 Å². The van der Waals surface area contributed by atoms with E-state index in [4.69, 9.17) is 9.47 Å². The first-order chi connectivity index (χ1) is 15.8. The van der Waals surface area contributed by atoms with Crippen molar-refractivity contribution in [1.82, 2.24) is 15.0 Å². The van der Waals surface area contributed by atoms with Crippen LogP contribution in [0.1, 0.15) is 45.6 Å². The van der Waals surface area contributed by atoms with Gasteiger partial charge in [0.05, 0.1) is 37.6 Å². The quantitative estimate of drug-likeness (QED) is 0.386. The maximum Gasteiger partial charge on any atom is 0.225 e. The Bertz CT molecular complexity index is 1100. The molecule has 2 aromatic heterocycles. The van der Waals surface area contributed by atoms with Crippen LogP contribution in [0.4, 0.5) is 16.2 Å². The van der Waals surface area contributed by atoms with Crippen LogP contribution in [0.3, 0.4) is 0 Å². The number of anilines is 2. The summed E-state index contributed by atoms with van der Waals surface area (Å²) in [5, 5.41) is 17.0. The van der Waals surface area contributed by atoms with Gasteiger partial charge in [0.2, 0.25) is 5.95 Å². The van der Waals surface area contributed by atoms with Gasteiger partial charge < -0.3 is 25.2 Å². The Labute approximate surface area is 193 Å². The lowest BCUT2D eigenvalue weighted by atomic mass is 9.89. The fourth-order valence-corrected chi connectivity index (χ4v) is 3.52. The van der Waals surface area contributed by atoms with E-state index in [1.807, 2.05) is 19.1 Å². The molecule has 0 aliphatic rings. The van der Waals surface area contributed by atoms with Crippen LogP contribution >= 0.6 is 0 Å². The predicted octanol–water partition coefficient (Wildman–Crippen LogP) is 4.53. The number of aromatic nitrogens is 3. The van der Waals surface area contributed by atoms with Crippen LogP contribution in [-0.4, -0.2) is 45.9 Å². The third kappa shape index (κ3) is 5.78. The maximum absolute atomic E-state index is 13.9. The number of halogens is 1. The number of methoxy groups -OCH3 is 2. The van der Waals surface area contributed by atoms with Crippen LogP contribution in [-0.2, 0) is 6.54 Å². The van der Waals surface area contributed by atoms with E-state index < -0.39 is 17.5 Å². The highest BCUT2D eigenvalue weighted by Gasteiger charge is 2.31. The Morgan fingerprint density at radius 2 is 1.97 bits per heavy atom. The van der Waals surface area contributed by atoms with Crippen LogP contribution in [0.2, 0.25) is 0 Å². The molecule has 9 heteroatoms. The van der Waals surface area contributed by atoms with Gasteiger partial charge in [0.25, 0.3) is 0 Å². The highest BCUT2D eigenvalue weighted by Crippen LogP contribution is 2.29. The lowest BCUT2D eigenvalue weighted by Crippen LogP contribution is -2.45. The number of ether oxygens (including phenoxy) is 2. The molecular weight excluding hydrogens is 425 g/mol. The first-order valence-corrected chi connectivity index (χ1v) is 11.0. The van der Waals surface area contributed by atoms with Crippen LogP contribution in [0.15, 0.2) is 30.5 Å². The molecule has 178 valence electrons. The van der Waals surface area contributed by atoms with Gasteiger partial charge in [-0.2, -0.15) is 4.98 Å². The number of aliphatic hydroxyl groups is 1. The normalized spacial score (nSPS) is 13.9. The van der Waals surface area contributed by atoms with Gasteiger partial charge in [-0.05, 0) is 32.4 Å². The molecule has 0 saturated heterocycles. The minimum Gasteiger partial charge on any atom is -0.497 e. The average molecular weight is 458 g/mol. The summed E-state index contributed by atoms with van der Waals surface area (Å²) in [5.41, 5.74) is 1.04. The number of benzene rings is 1. The molecule has 0 saturated carbocycles. The smallest absolute Gasteiger partial charge is 0.225 e. The first kappa shape index (κ1) is 24.4. The van der Waals surface area contributed by atoms with Gasteiger partial charge in [0.15, 0.2) is 5.82 Å². The molecule has 2 unspecified atom stereocenters. The number of hydrogen-bond acceptors (Lipinski definition) is 8. The molecule has 1 aromatic carbocycles. The predicted molar refractivity (Wildman–Crippen MR) is 127 cm³/mol. The number of rotatable bonds is 11. The van der Waals surface area contributed by atoms with E-state index in [1.54, 1.807) is 27.2 Å². The van der Waals surface area contributed by atoms with E-state index >= 15 is 0 Å². The second-order valence-electron chi connectivity index (χ2n) is 8.27. The van der Waals surface area contributed by atoms with E-state index in [9.17, 15) is 9.50 Å². The minimum atomic E-state index is -0.644. The Hall–Kier alpha value is -3.20. The highest BCUT2D eigenvalue weighted by molar-refractivity contribution is 5.86. The number of pyridine rings is 1. The molecular formula is C24H32FN5O3. The van der Waals surface area contributed by atoms with Crippen molar-refractivity contribution in [2.24, 2.45) is 0 Å². The number of unbranched alkanes of at least 4 members (excludes halogenated alkanes) is 1. The molecule has 3 rings (SSSR count). The number of fused-ring (bicyclic) bond motifs is 1. The van der Waals surface area contributed by atoms with Crippen molar-refractivity contribution in [3.05, 3.63) is 41.8 Å². The molecule has 0 bridgehead atoms. The highest BCUT2D eigenvalue weighted by atomic mass is 19.1. The third-order valence-electron chi connectivity index (χ3n) is 5.81. The van der Waals surface area contributed by atoms with E-state index in [0.717, 1.165) is 31.0 Å². The summed E-state index contributed by atoms with van der Waals surface area (Å²) in [5.74, 6) is 1.60. The van der Waals surface area contributed by atoms with Gasteiger partial charge in [-0.3, -0.25) is 0 Å². The molecule has 0 aliphatic heterocycles. The molecule has 33 heavy (non-hydrogen) atoms. The van der Waals surface area contributed by atoms with Crippen LogP contribution in [0.25, 0.3) is 11.0 Å². The van der Waals surface area contributed by atoms with E-state index in [2.05, 4.69) is 32.5 Å². The van der Waals surface area contributed by atoms with Crippen molar-refractivity contribution in [2.75, 3.05) is 24.9 Å². The summed E-state index contributed by atoms with van der Waals surface area (Å²) in [6.07, 6.45) is 3.16. The van der Waals surface area contributed by atoms with Gasteiger partial charge in [-0.1, -0.05) is 19.8 Å². The van der Waals surface area contributed by atoms with Crippen LogP contribution in [0.5, 0.6) is 11.5 Å². The molecule has 0 radical (unpaired) electrons. The fourth-order valence-electron chi connectivity index (χ4n) is 3.52. The number of nitrogens with zero attached hydrogens (tertiary/aromatic N) is 3.